The number of pyridine rings is 1. The van der Waals surface area contributed by atoms with Crippen molar-refractivity contribution in [1.82, 2.24) is 9.88 Å². The molecule has 1 aliphatic rings. The first kappa shape index (κ1) is 15.4. The number of aromatic nitrogens is 1. The zero-order valence-corrected chi connectivity index (χ0v) is 13.9. The topological polar surface area (TPSA) is 80.5 Å². The fourth-order valence-electron chi connectivity index (χ4n) is 3.02. The normalized spacial score (nSPS) is 16.3. The van der Waals surface area contributed by atoms with E-state index >= 15 is 0 Å². The molecule has 2 aromatic carbocycles. The second kappa shape index (κ2) is 6.03. The van der Waals surface area contributed by atoms with Crippen LogP contribution in [0, 0.1) is 0 Å². The third kappa shape index (κ3) is 2.64. The van der Waals surface area contributed by atoms with E-state index in [1.165, 1.54) is 0 Å². The van der Waals surface area contributed by atoms with Crippen LogP contribution in [0.25, 0.3) is 22.4 Å². The van der Waals surface area contributed by atoms with Gasteiger partial charge in [0.15, 0.2) is 11.8 Å². The van der Waals surface area contributed by atoms with Gasteiger partial charge in [-0.05, 0) is 11.6 Å². The van der Waals surface area contributed by atoms with E-state index in [2.05, 4.69) is 23.2 Å². The average Bonchev–Trinajstić information content (AvgIpc) is 2.67. The highest BCUT2D eigenvalue weighted by Gasteiger charge is 2.26. The second-order valence-corrected chi connectivity index (χ2v) is 6.06. The summed E-state index contributed by atoms with van der Waals surface area (Å²) in [5.41, 5.74) is 17.2. The van der Waals surface area contributed by atoms with Crippen molar-refractivity contribution in [2.75, 3.05) is 7.05 Å². The molecule has 5 heteroatoms. The highest BCUT2D eigenvalue weighted by atomic mass is 15.3. The van der Waals surface area contributed by atoms with Gasteiger partial charge in [-0.15, -0.1) is 0 Å². The number of fused-ring (bicyclic) bond motifs is 1. The molecule has 0 radical (unpaired) electrons. The van der Waals surface area contributed by atoms with Crippen molar-refractivity contribution in [1.29, 1.82) is 0 Å². The van der Waals surface area contributed by atoms with Gasteiger partial charge >= 0.3 is 0 Å². The summed E-state index contributed by atoms with van der Waals surface area (Å²) >= 11 is 0. The Morgan fingerprint density at radius 3 is 2.16 bits per heavy atom. The molecule has 3 aromatic rings. The van der Waals surface area contributed by atoms with E-state index in [9.17, 15) is 0 Å². The van der Waals surface area contributed by atoms with Gasteiger partial charge in [0.25, 0.3) is 0 Å². The Morgan fingerprint density at radius 2 is 1.52 bits per heavy atom. The Labute approximate surface area is 146 Å². The van der Waals surface area contributed by atoms with Crippen LogP contribution in [0.5, 0.6) is 0 Å². The molecule has 1 aliphatic heterocycles. The van der Waals surface area contributed by atoms with Crippen LogP contribution >= 0.6 is 0 Å². The van der Waals surface area contributed by atoms with Crippen LogP contribution in [0.4, 0.5) is 5.82 Å². The molecule has 4 N–H and O–H groups in total. The van der Waals surface area contributed by atoms with Gasteiger partial charge in [0, 0.05) is 23.7 Å². The molecule has 5 nitrogen and oxygen atoms in total. The highest BCUT2D eigenvalue weighted by Crippen LogP contribution is 2.38. The van der Waals surface area contributed by atoms with Gasteiger partial charge in [-0.1, -0.05) is 60.7 Å². The molecule has 0 saturated heterocycles. The first-order valence-corrected chi connectivity index (χ1v) is 8.13. The Bertz CT molecular complexity index is 935. The number of benzene rings is 2. The summed E-state index contributed by atoms with van der Waals surface area (Å²) in [4.78, 5) is 11.0. The Hall–Kier alpha value is -3.18. The third-order valence-electron chi connectivity index (χ3n) is 4.48. The zero-order chi connectivity index (χ0) is 17.4. The fourth-order valence-corrected chi connectivity index (χ4v) is 3.02. The van der Waals surface area contributed by atoms with E-state index in [1.807, 2.05) is 55.6 Å². The second-order valence-electron chi connectivity index (χ2n) is 6.06. The quantitative estimate of drug-likeness (QED) is 0.756. The molecule has 0 aliphatic carbocycles. The Kier molecular flexibility index (Phi) is 3.71. The standard InChI is InChI=1S/C20H19N5/c1-25-18(21)16-12-15(13-8-4-2-5-9-13)17(14-10-6-3-7-11-14)23-19(16)24-20(25)22/h2-12,18H,21H2,1H3,(H2,22,23,24). The number of aliphatic imine (C=N–C) groups is 1. The van der Waals surface area contributed by atoms with Crippen molar-refractivity contribution >= 4 is 11.8 Å². The number of guanidine groups is 1. The number of hydrogen-bond donors (Lipinski definition) is 2. The first-order valence-electron chi connectivity index (χ1n) is 8.13. The predicted molar refractivity (Wildman–Crippen MR) is 101 cm³/mol. The lowest BCUT2D eigenvalue weighted by atomic mass is 9.96. The summed E-state index contributed by atoms with van der Waals surface area (Å²) in [5, 5.41) is 0. The minimum absolute atomic E-state index is 0.368. The molecular formula is C20H19N5. The first-order chi connectivity index (χ1) is 12.1. The van der Waals surface area contributed by atoms with Crippen molar-refractivity contribution < 1.29 is 0 Å². The maximum Gasteiger partial charge on any atom is 0.199 e. The maximum atomic E-state index is 6.34. The maximum absolute atomic E-state index is 6.34. The van der Waals surface area contributed by atoms with Gasteiger partial charge in [0.05, 0.1) is 5.69 Å². The van der Waals surface area contributed by atoms with Crippen LogP contribution in [0.2, 0.25) is 0 Å². The lowest BCUT2D eigenvalue weighted by molar-refractivity contribution is 0.374. The summed E-state index contributed by atoms with van der Waals surface area (Å²) < 4.78 is 0. The van der Waals surface area contributed by atoms with Crippen LogP contribution in [0.1, 0.15) is 11.7 Å². The van der Waals surface area contributed by atoms with Crippen LogP contribution in [-0.2, 0) is 0 Å². The van der Waals surface area contributed by atoms with Crippen LogP contribution in [-0.4, -0.2) is 22.9 Å². The van der Waals surface area contributed by atoms with Crippen LogP contribution in [0.15, 0.2) is 71.7 Å². The summed E-state index contributed by atoms with van der Waals surface area (Å²) in [6, 6.07) is 22.4. The molecular weight excluding hydrogens is 310 g/mol. The molecule has 124 valence electrons. The molecule has 4 rings (SSSR count). The van der Waals surface area contributed by atoms with E-state index in [0.717, 1.165) is 27.9 Å². The molecule has 25 heavy (non-hydrogen) atoms. The lowest BCUT2D eigenvalue weighted by Crippen LogP contribution is -2.43. The van der Waals surface area contributed by atoms with Gasteiger partial charge in [-0.2, -0.15) is 4.99 Å². The van der Waals surface area contributed by atoms with Gasteiger partial charge in [-0.25, -0.2) is 4.98 Å². The molecule has 0 spiro atoms. The van der Waals surface area contributed by atoms with E-state index in [0.29, 0.717) is 11.8 Å². The highest BCUT2D eigenvalue weighted by molar-refractivity contribution is 5.87. The Morgan fingerprint density at radius 1 is 0.920 bits per heavy atom. The summed E-state index contributed by atoms with van der Waals surface area (Å²) in [6.45, 7) is 0. The number of nitrogens with two attached hydrogens (primary N) is 2. The minimum atomic E-state index is -0.368. The van der Waals surface area contributed by atoms with Gasteiger partial charge in [-0.3, -0.25) is 0 Å². The molecule has 1 aromatic heterocycles. The summed E-state index contributed by atoms with van der Waals surface area (Å²) in [7, 11) is 1.83. The molecule has 0 fully saturated rings. The van der Waals surface area contributed by atoms with Crippen molar-refractivity contribution in [2.24, 2.45) is 16.5 Å². The van der Waals surface area contributed by atoms with Gasteiger partial charge < -0.3 is 16.4 Å². The van der Waals surface area contributed by atoms with E-state index in [4.69, 9.17) is 16.5 Å². The fraction of sp³-hybridized carbons (Fsp3) is 0.100. The summed E-state index contributed by atoms with van der Waals surface area (Å²) in [6.07, 6.45) is -0.368. The van der Waals surface area contributed by atoms with Crippen molar-refractivity contribution in [3.63, 3.8) is 0 Å². The van der Waals surface area contributed by atoms with E-state index < -0.39 is 0 Å². The Balaban J connectivity index is 2.00. The molecule has 0 amide bonds. The molecule has 2 heterocycles. The van der Waals surface area contributed by atoms with E-state index in [-0.39, 0.29) is 6.17 Å². The smallest absolute Gasteiger partial charge is 0.199 e. The zero-order valence-electron chi connectivity index (χ0n) is 13.9. The molecule has 0 saturated carbocycles. The van der Waals surface area contributed by atoms with Crippen LogP contribution in [0.3, 0.4) is 0 Å². The van der Waals surface area contributed by atoms with Crippen molar-refractivity contribution in [2.45, 2.75) is 6.17 Å². The lowest BCUT2D eigenvalue weighted by Gasteiger charge is -2.31. The third-order valence-corrected chi connectivity index (χ3v) is 4.48. The molecule has 1 unspecified atom stereocenters. The SMILES string of the molecule is CN1C(N)=Nc2nc(-c3ccccc3)c(-c3ccccc3)cc2C1N. The molecule has 1 atom stereocenters. The van der Waals surface area contributed by atoms with Gasteiger partial charge in [0.1, 0.15) is 6.17 Å². The minimum Gasteiger partial charge on any atom is -0.369 e. The number of hydrogen-bond acceptors (Lipinski definition) is 5. The number of nitrogens with zero attached hydrogens (tertiary/aromatic N) is 3. The van der Waals surface area contributed by atoms with E-state index in [1.54, 1.807) is 4.90 Å². The monoisotopic (exact) mass is 329 g/mol. The van der Waals surface area contributed by atoms with Gasteiger partial charge in [0.2, 0.25) is 0 Å². The number of rotatable bonds is 2. The van der Waals surface area contributed by atoms with Crippen molar-refractivity contribution in [3.05, 3.63) is 72.3 Å². The molecule has 0 bridgehead atoms. The predicted octanol–water partition coefficient (Wildman–Crippen LogP) is 3.26. The largest absolute Gasteiger partial charge is 0.369 e. The summed E-state index contributed by atoms with van der Waals surface area (Å²) in [5.74, 6) is 0.959. The van der Waals surface area contributed by atoms with Crippen LogP contribution < -0.4 is 11.5 Å². The van der Waals surface area contributed by atoms with Crippen molar-refractivity contribution in [3.8, 4) is 22.4 Å². The average molecular weight is 329 g/mol.